The number of methoxy groups -OCH3 is 3. The second kappa shape index (κ2) is 15.1. The Morgan fingerprint density at radius 1 is 0.884 bits per heavy atom. The molecule has 0 saturated heterocycles. The highest BCUT2D eigenvalue weighted by atomic mass is 16.5. The number of anilines is 1. The molecule has 3 rings (SSSR count). The van der Waals surface area contributed by atoms with Crippen molar-refractivity contribution in [1.29, 1.82) is 0 Å². The standard InChI is InChI=1S/C28H34N6O9/c1-41-20(35)12-10-18(25(38)32-19(27(40)43-3)11-13-21(36)42-2)31-24(37)16-7-4-15(5-8-16)6-9-17-14-30-23-22(17)26(39)34-28(29)33-23/h4-5,7-8,14,18-19H,6,9-13H2,1-3H3,(H,31,37)(H,32,38)(H4,29,30,33,34,39)/t18-,19-/m0/s1. The Hall–Kier alpha value is -5.21. The van der Waals surface area contributed by atoms with Crippen LogP contribution in [0.4, 0.5) is 5.95 Å². The van der Waals surface area contributed by atoms with Crippen LogP contribution in [-0.4, -0.2) is 78.1 Å². The van der Waals surface area contributed by atoms with Gasteiger partial charge in [-0.25, -0.2) is 4.79 Å². The molecule has 0 aliphatic heterocycles. The molecule has 2 atom stereocenters. The maximum Gasteiger partial charge on any atom is 0.328 e. The summed E-state index contributed by atoms with van der Waals surface area (Å²) < 4.78 is 13.9. The number of hydrogen-bond donors (Lipinski definition) is 5. The molecule has 43 heavy (non-hydrogen) atoms. The van der Waals surface area contributed by atoms with Crippen LogP contribution in [0.25, 0.3) is 11.0 Å². The van der Waals surface area contributed by atoms with Crippen LogP contribution in [0, 0.1) is 0 Å². The third-order valence-electron chi connectivity index (χ3n) is 6.69. The lowest BCUT2D eigenvalue weighted by Crippen LogP contribution is -2.52. The fraction of sp³-hybridized carbons (Fsp3) is 0.393. The molecule has 2 heterocycles. The van der Waals surface area contributed by atoms with Crippen molar-refractivity contribution in [1.82, 2.24) is 25.6 Å². The summed E-state index contributed by atoms with van der Waals surface area (Å²) in [5.41, 5.74) is 7.55. The number of nitrogen functional groups attached to an aromatic ring is 1. The van der Waals surface area contributed by atoms with Gasteiger partial charge in [-0.15, -0.1) is 0 Å². The van der Waals surface area contributed by atoms with Gasteiger partial charge in [0.1, 0.15) is 17.7 Å². The van der Waals surface area contributed by atoms with Crippen molar-refractivity contribution in [2.24, 2.45) is 0 Å². The lowest BCUT2D eigenvalue weighted by molar-refractivity contribution is -0.147. The van der Waals surface area contributed by atoms with Crippen molar-refractivity contribution >= 4 is 46.7 Å². The molecule has 0 bridgehead atoms. The van der Waals surface area contributed by atoms with E-state index in [1.165, 1.54) is 14.2 Å². The summed E-state index contributed by atoms with van der Waals surface area (Å²) in [6.07, 6.45) is 2.23. The molecule has 1 aromatic carbocycles. The number of benzene rings is 1. The molecule has 0 fully saturated rings. The average Bonchev–Trinajstić information content (AvgIpc) is 3.42. The Balaban J connectivity index is 1.68. The van der Waals surface area contributed by atoms with E-state index in [0.717, 1.165) is 18.2 Å². The summed E-state index contributed by atoms with van der Waals surface area (Å²) in [5, 5.41) is 5.50. The van der Waals surface area contributed by atoms with E-state index in [-0.39, 0.29) is 42.8 Å². The largest absolute Gasteiger partial charge is 0.469 e. The highest BCUT2D eigenvalue weighted by molar-refractivity contribution is 5.98. The number of aromatic amines is 2. The molecular formula is C28H34N6O9. The van der Waals surface area contributed by atoms with E-state index < -0.39 is 41.8 Å². The van der Waals surface area contributed by atoms with Gasteiger partial charge in [-0.1, -0.05) is 12.1 Å². The van der Waals surface area contributed by atoms with E-state index in [2.05, 4.69) is 35.1 Å². The van der Waals surface area contributed by atoms with Gasteiger partial charge in [0.05, 0.1) is 26.7 Å². The predicted octanol–water partition coefficient (Wildman–Crippen LogP) is 0.281. The maximum absolute atomic E-state index is 13.1. The van der Waals surface area contributed by atoms with Crippen LogP contribution in [-0.2, 0) is 46.2 Å². The molecule has 6 N–H and O–H groups in total. The molecule has 0 radical (unpaired) electrons. The third-order valence-corrected chi connectivity index (χ3v) is 6.69. The van der Waals surface area contributed by atoms with Gasteiger partial charge in [0, 0.05) is 24.6 Å². The van der Waals surface area contributed by atoms with E-state index in [1.54, 1.807) is 30.5 Å². The van der Waals surface area contributed by atoms with E-state index >= 15 is 0 Å². The first kappa shape index (κ1) is 32.3. The van der Waals surface area contributed by atoms with Crippen LogP contribution in [0.1, 0.15) is 47.2 Å². The zero-order valence-corrected chi connectivity index (χ0v) is 24.0. The Morgan fingerprint density at radius 3 is 2.12 bits per heavy atom. The Bertz CT molecular complexity index is 1530. The first-order chi connectivity index (χ1) is 20.6. The summed E-state index contributed by atoms with van der Waals surface area (Å²) >= 11 is 0. The summed E-state index contributed by atoms with van der Waals surface area (Å²) in [6.45, 7) is 0. The fourth-order valence-corrected chi connectivity index (χ4v) is 4.32. The van der Waals surface area contributed by atoms with Gasteiger partial charge in [-0.3, -0.25) is 29.0 Å². The van der Waals surface area contributed by atoms with Crippen LogP contribution >= 0.6 is 0 Å². The molecule has 2 amide bonds. The summed E-state index contributed by atoms with van der Waals surface area (Å²) in [5.74, 6) is -3.29. The van der Waals surface area contributed by atoms with Gasteiger partial charge in [0.2, 0.25) is 11.9 Å². The van der Waals surface area contributed by atoms with Crippen molar-refractivity contribution in [3.05, 3.63) is 57.5 Å². The number of amides is 2. The monoisotopic (exact) mass is 598 g/mol. The van der Waals surface area contributed by atoms with Gasteiger partial charge in [-0.05, 0) is 48.9 Å². The molecule has 15 nitrogen and oxygen atoms in total. The minimum atomic E-state index is -1.21. The number of ether oxygens (including phenoxy) is 3. The number of carbonyl (C=O) groups excluding carboxylic acids is 5. The van der Waals surface area contributed by atoms with Gasteiger partial charge < -0.3 is 35.6 Å². The maximum atomic E-state index is 13.1. The van der Waals surface area contributed by atoms with Crippen LogP contribution < -0.4 is 21.9 Å². The molecule has 15 heteroatoms. The molecule has 0 spiro atoms. The smallest absolute Gasteiger partial charge is 0.328 e. The number of H-pyrrole nitrogens is 2. The van der Waals surface area contributed by atoms with Crippen molar-refractivity contribution < 1.29 is 38.2 Å². The number of rotatable bonds is 14. The lowest BCUT2D eigenvalue weighted by Gasteiger charge is -2.22. The molecule has 0 aliphatic carbocycles. The van der Waals surface area contributed by atoms with Crippen molar-refractivity contribution in [2.45, 2.75) is 50.6 Å². The van der Waals surface area contributed by atoms with E-state index in [0.29, 0.717) is 23.9 Å². The zero-order valence-electron chi connectivity index (χ0n) is 24.0. The Kier molecular flexibility index (Phi) is 11.4. The molecule has 230 valence electrons. The van der Waals surface area contributed by atoms with E-state index in [1.807, 2.05) is 0 Å². The minimum Gasteiger partial charge on any atom is -0.469 e. The van der Waals surface area contributed by atoms with Crippen LogP contribution in [0.5, 0.6) is 0 Å². The molecule has 3 aromatic rings. The van der Waals surface area contributed by atoms with Gasteiger partial charge >= 0.3 is 17.9 Å². The number of nitrogens with zero attached hydrogens (tertiary/aromatic N) is 1. The molecule has 0 aliphatic rings. The number of fused-ring (bicyclic) bond motifs is 1. The van der Waals surface area contributed by atoms with Gasteiger partial charge in [0.15, 0.2) is 0 Å². The third kappa shape index (κ3) is 8.89. The molecule has 0 saturated carbocycles. The number of aromatic nitrogens is 3. The Labute approximate surface area is 245 Å². The number of carbonyl (C=O) groups is 5. The minimum absolute atomic E-state index is 0.0200. The Morgan fingerprint density at radius 2 is 1.51 bits per heavy atom. The number of hydrogen-bond acceptors (Lipinski definition) is 11. The van der Waals surface area contributed by atoms with Crippen LogP contribution in [0.3, 0.4) is 0 Å². The number of nitrogens with two attached hydrogens (primary N) is 1. The topological polar surface area (TPSA) is 225 Å². The predicted molar refractivity (Wildman–Crippen MR) is 153 cm³/mol. The summed E-state index contributed by atoms with van der Waals surface area (Å²) in [6, 6.07) is 4.26. The lowest BCUT2D eigenvalue weighted by atomic mass is 10.0. The van der Waals surface area contributed by atoms with E-state index in [9.17, 15) is 28.8 Å². The average molecular weight is 599 g/mol. The molecular weight excluding hydrogens is 564 g/mol. The van der Waals surface area contributed by atoms with E-state index in [4.69, 9.17) is 10.5 Å². The highest BCUT2D eigenvalue weighted by Crippen LogP contribution is 2.16. The van der Waals surface area contributed by atoms with Crippen molar-refractivity contribution in [3.8, 4) is 0 Å². The number of nitrogens with one attached hydrogen (secondary N) is 4. The first-order valence-electron chi connectivity index (χ1n) is 13.3. The van der Waals surface area contributed by atoms with Crippen LogP contribution in [0.15, 0.2) is 35.3 Å². The first-order valence-corrected chi connectivity index (χ1v) is 13.3. The molecule has 0 unspecified atom stereocenters. The normalized spacial score (nSPS) is 12.2. The quantitative estimate of drug-likeness (QED) is 0.125. The SMILES string of the molecule is COC(=O)CC[C@H](NC(=O)c1ccc(CCc2c[nH]c3nc(N)[nH]c(=O)c23)cc1)C(=O)N[C@@H](CCC(=O)OC)C(=O)OC. The van der Waals surface area contributed by atoms with Gasteiger partial charge in [-0.2, -0.15) is 4.98 Å². The summed E-state index contributed by atoms with van der Waals surface area (Å²) in [7, 11) is 3.52. The highest BCUT2D eigenvalue weighted by Gasteiger charge is 2.28. The zero-order chi connectivity index (χ0) is 31.5. The van der Waals surface area contributed by atoms with Gasteiger partial charge in [0.25, 0.3) is 11.5 Å². The summed E-state index contributed by atoms with van der Waals surface area (Å²) in [4.78, 5) is 83.5. The number of aryl methyl sites for hydroxylation is 2. The second-order valence-electron chi connectivity index (χ2n) is 9.53. The van der Waals surface area contributed by atoms with Crippen molar-refractivity contribution in [2.75, 3.05) is 27.1 Å². The molecule has 2 aromatic heterocycles. The van der Waals surface area contributed by atoms with Crippen LogP contribution in [0.2, 0.25) is 0 Å². The fourth-order valence-electron chi connectivity index (χ4n) is 4.32. The second-order valence-corrected chi connectivity index (χ2v) is 9.53. The van der Waals surface area contributed by atoms with Crippen molar-refractivity contribution in [3.63, 3.8) is 0 Å². The number of esters is 3.